The number of aromatic nitrogens is 1. The van der Waals surface area contributed by atoms with Crippen molar-refractivity contribution in [2.24, 2.45) is 0 Å². The van der Waals surface area contributed by atoms with Crippen LogP contribution in [-0.4, -0.2) is 15.2 Å². The fourth-order valence-corrected chi connectivity index (χ4v) is 3.49. The summed E-state index contributed by atoms with van der Waals surface area (Å²) in [7, 11) is 0. The molecule has 2 unspecified atom stereocenters. The first-order chi connectivity index (χ1) is 12.2. The highest BCUT2D eigenvalue weighted by Gasteiger charge is 2.33. The van der Waals surface area contributed by atoms with Gasteiger partial charge in [-0.15, -0.1) is 0 Å². The van der Waals surface area contributed by atoms with E-state index in [0.29, 0.717) is 11.4 Å². The molecule has 2 N–H and O–H groups in total. The Morgan fingerprint density at radius 2 is 1.00 bits per heavy atom. The largest absolute Gasteiger partial charge is 0.379 e. The third-order valence-corrected chi connectivity index (χ3v) is 5.09. The predicted octanol–water partition coefficient (Wildman–Crippen LogP) is 4.21. The highest BCUT2D eigenvalue weighted by atomic mass is 16.3. The standard InChI is InChI=1S/C23H25NO2/c1-16-10-5-7-12-18(16)22(3,25)20-14-9-15-21(24-20)23(4,26)19-13-8-6-11-17(19)2/h5-15,25-26H,1-4H3. The van der Waals surface area contributed by atoms with E-state index in [9.17, 15) is 10.2 Å². The van der Waals surface area contributed by atoms with Crippen LogP contribution in [0.5, 0.6) is 0 Å². The number of hydrogen-bond acceptors (Lipinski definition) is 3. The highest BCUT2D eigenvalue weighted by Crippen LogP contribution is 2.34. The van der Waals surface area contributed by atoms with E-state index in [2.05, 4.69) is 4.98 Å². The van der Waals surface area contributed by atoms with Crippen LogP contribution in [0.4, 0.5) is 0 Å². The molecule has 0 aliphatic carbocycles. The molecule has 1 aromatic heterocycles. The van der Waals surface area contributed by atoms with E-state index < -0.39 is 11.2 Å². The van der Waals surface area contributed by atoms with Gasteiger partial charge in [0, 0.05) is 0 Å². The number of hydrogen-bond donors (Lipinski definition) is 2. The van der Waals surface area contributed by atoms with Gasteiger partial charge in [0.05, 0.1) is 11.4 Å². The molecule has 0 aliphatic heterocycles. The minimum absolute atomic E-state index is 0.512. The molecule has 0 spiro atoms. The van der Waals surface area contributed by atoms with Gasteiger partial charge in [0.25, 0.3) is 0 Å². The number of nitrogens with zero attached hydrogens (tertiary/aromatic N) is 1. The van der Waals surface area contributed by atoms with Crippen molar-refractivity contribution in [2.75, 3.05) is 0 Å². The van der Waals surface area contributed by atoms with Crippen LogP contribution in [0.3, 0.4) is 0 Å². The molecule has 2 atom stereocenters. The Balaban J connectivity index is 2.09. The van der Waals surface area contributed by atoms with E-state index in [1.165, 1.54) is 0 Å². The maximum absolute atomic E-state index is 11.2. The van der Waals surface area contributed by atoms with Crippen LogP contribution in [0.15, 0.2) is 66.7 Å². The maximum atomic E-state index is 11.2. The van der Waals surface area contributed by atoms with Crippen molar-refractivity contribution in [1.82, 2.24) is 4.98 Å². The third kappa shape index (κ3) is 3.16. The topological polar surface area (TPSA) is 53.4 Å². The van der Waals surface area contributed by atoms with Gasteiger partial charge in [-0.05, 0) is 62.1 Å². The summed E-state index contributed by atoms with van der Waals surface area (Å²) in [6.45, 7) is 7.42. The second-order valence-electron chi connectivity index (χ2n) is 7.18. The molecule has 26 heavy (non-hydrogen) atoms. The van der Waals surface area contributed by atoms with Crippen molar-refractivity contribution in [3.8, 4) is 0 Å². The lowest BCUT2D eigenvalue weighted by Crippen LogP contribution is -2.30. The summed E-state index contributed by atoms with van der Waals surface area (Å²) in [6, 6.07) is 20.9. The molecule has 2 aromatic carbocycles. The monoisotopic (exact) mass is 347 g/mol. The van der Waals surface area contributed by atoms with Gasteiger partial charge in [-0.2, -0.15) is 0 Å². The fourth-order valence-electron chi connectivity index (χ4n) is 3.49. The number of aliphatic hydroxyl groups is 2. The summed E-state index contributed by atoms with van der Waals surface area (Å²) < 4.78 is 0. The zero-order valence-corrected chi connectivity index (χ0v) is 15.7. The molecule has 0 aliphatic rings. The number of pyridine rings is 1. The summed E-state index contributed by atoms with van der Waals surface area (Å²) in [5.74, 6) is 0. The molecule has 1 heterocycles. The van der Waals surface area contributed by atoms with Crippen LogP contribution in [0.2, 0.25) is 0 Å². The molecule has 3 aromatic rings. The van der Waals surface area contributed by atoms with Gasteiger partial charge in [0.1, 0.15) is 11.2 Å². The molecule has 0 bridgehead atoms. The fraction of sp³-hybridized carbons (Fsp3) is 0.261. The Hall–Kier alpha value is -2.49. The Morgan fingerprint density at radius 3 is 1.38 bits per heavy atom. The second-order valence-corrected chi connectivity index (χ2v) is 7.18. The Morgan fingerprint density at radius 1 is 0.615 bits per heavy atom. The Kier molecular flexibility index (Phi) is 4.70. The summed E-state index contributed by atoms with van der Waals surface area (Å²) in [5, 5.41) is 22.4. The molecule has 0 saturated heterocycles. The first kappa shape index (κ1) is 18.3. The molecule has 134 valence electrons. The predicted molar refractivity (Wildman–Crippen MR) is 104 cm³/mol. The van der Waals surface area contributed by atoms with Crippen LogP contribution in [0, 0.1) is 13.8 Å². The van der Waals surface area contributed by atoms with Gasteiger partial charge in [0.2, 0.25) is 0 Å². The molecule has 0 saturated carbocycles. The van der Waals surface area contributed by atoms with Gasteiger partial charge >= 0.3 is 0 Å². The third-order valence-electron chi connectivity index (χ3n) is 5.09. The number of benzene rings is 2. The normalized spacial score (nSPS) is 15.9. The second kappa shape index (κ2) is 6.67. The zero-order valence-electron chi connectivity index (χ0n) is 15.7. The molecule has 3 heteroatoms. The lowest BCUT2D eigenvalue weighted by molar-refractivity contribution is 0.0852. The van der Waals surface area contributed by atoms with Crippen molar-refractivity contribution < 1.29 is 10.2 Å². The zero-order chi connectivity index (χ0) is 18.9. The minimum Gasteiger partial charge on any atom is -0.379 e. The van der Waals surface area contributed by atoms with Gasteiger partial charge in [-0.3, -0.25) is 4.98 Å². The van der Waals surface area contributed by atoms with Gasteiger partial charge < -0.3 is 10.2 Å². The van der Waals surface area contributed by atoms with Crippen LogP contribution >= 0.6 is 0 Å². The van der Waals surface area contributed by atoms with Crippen molar-refractivity contribution in [1.29, 1.82) is 0 Å². The van der Waals surface area contributed by atoms with Crippen molar-refractivity contribution in [3.05, 3.63) is 100 Å². The average molecular weight is 347 g/mol. The van der Waals surface area contributed by atoms with Gasteiger partial charge in [0.15, 0.2) is 0 Å². The van der Waals surface area contributed by atoms with E-state index >= 15 is 0 Å². The molecule has 0 fully saturated rings. The first-order valence-corrected chi connectivity index (χ1v) is 8.79. The lowest BCUT2D eigenvalue weighted by atomic mass is 9.86. The molecule has 3 nitrogen and oxygen atoms in total. The number of rotatable bonds is 4. The average Bonchev–Trinajstić information content (AvgIpc) is 2.62. The quantitative estimate of drug-likeness (QED) is 0.743. The van der Waals surface area contributed by atoms with E-state index in [-0.39, 0.29) is 0 Å². The summed E-state index contributed by atoms with van der Waals surface area (Å²) in [6.07, 6.45) is 0. The molecular formula is C23H25NO2. The van der Waals surface area contributed by atoms with E-state index in [4.69, 9.17) is 0 Å². The molecule has 0 amide bonds. The Bertz CT molecular complexity index is 856. The van der Waals surface area contributed by atoms with E-state index in [0.717, 1.165) is 22.3 Å². The van der Waals surface area contributed by atoms with E-state index in [1.54, 1.807) is 26.0 Å². The molecule has 0 radical (unpaired) electrons. The molecular weight excluding hydrogens is 322 g/mol. The van der Waals surface area contributed by atoms with Crippen LogP contribution in [-0.2, 0) is 11.2 Å². The van der Waals surface area contributed by atoms with Gasteiger partial charge in [-0.25, -0.2) is 0 Å². The summed E-state index contributed by atoms with van der Waals surface area (Å²) in [4.78, 5) is 4.65. The summed E-state index contributed by atoms with van der Waals surface area (Å²) in [5.41, 5.74) is 2.13. The van der Waals surface area contributed by atoms with E-state index in [1.807, 2.05) is 68.4 Å². The molecule has 3 rings (SSSR count). The van der Waals surface area contributed by atoms with Crippen molar-refractivity contribution in [3.63, 3.8) is 0 Å². The first-order valence-electron chi connectivity index (χ1n) is 8.79. The SMILES string of the molecule is Cc1ccccc1C(C)(O)c1cccc(C(C)(O)c2ccccc2C)n1. The maximum Gasteiger partial charge on any atom is 0.129 e. The Labute approximate surface area is 155 Å². The smallest absolute Gasteiger partial charge is 0.129 e. The number of aryl methyl sites for hydroxylation is 2. The van der Waals surface area contributed by atoms with Crippen LogP contribution in [0.25, 0.3) is 0 Å². The van der Waals surface area contributed by atoms with Crippen LogP contribution in [0.1, 0.15) is 47.5 Å². The van der Waals surface area contributed by atoms with Crippen LogP contribution < -0.4 is 0 Å². The van der Waals surface area contributed by atoms with Crippen molar-refractivity contribution >= 4 is 0 Å². The highest BCUT2D eigenvalue weighted by molar-refractivity contribution is 5.40. The van der Waals surface area contributed by atoms with Gasteiger partial charge in [-0.1, -0.05) is 54.6 Å². The minimum atomic E-state index is -1.25. The lowest BCUT2D eigenvalue weighted by Gasteiger charge is -2.29. The summed E-state index contributed by atoms with van der Waals surface area (Å²) >= 11 is 0. The van der Waals surface area contributed by atoms with Crippen molar-refractivity contribution in [2.45, 2.75) is 38.9 Å².